The molecule has 0 aromatic rings. The van der Waals surface area contributed by atoms with Gasteiger partial charge in [0.25, 0.3) is 0 Å². The fourth-order valence-corrected chi connectivity index (χ4v) is 2.10. The zero-order chi connectivity index (χ0) is 11.8. The fraction of sp³-hybridized carbons (Fsp3) is 1.00. The Morgan fingerprint density at radius 2 is 1.53 bits per heavy atom. The molecule has 1 N–H and O–H groups in total. The third kappa shape index (κ3) is 6.16. The van der Waals surface area contributed by atoms with Crippen LogP contribution in [0, 0.1) is 11.8 Å². The summed E-state index contributed by atoms with van der Waals surface area (Å²) in [5, 5.41) is 9.12. The number of hydrogen-bond acceptors (Lipinski definition) is 2. The second kappa shape index (κ2) is 8.12. The molecule has 0 saturated carbocycles. The summed E-state index contributed by atoms with van der Waals surface area (Å²) in [6, 6.07) is 0.682. The number of rotatable bonds is 8. The van der Waals surface area contributed by atoms with Crippen LogP contribution in [0.3, 0.4) is 0 Å². The molecule has 0 aliphatic rings. The number of hydrogen-bond donors (Lipinski definition) is 1. The molecule has 92 valence electrons. The molecule has 0 bridgehead atoms. The Bertz CT molecular complexity index is 143. The van der Waals surface area contributed by atoms with E-state index in [1.165, 1.54) is 12.8 Å². The maximum atomic E-state index is 9.12. The first kappa shape index (κ1) is 14.9. The van der Waals surface area contributed by atoms with Crippen LogP contribution in [0.5, 0.6) is 0 Å². The van der Waals surface area contributed by atoms with Crippen LogP contribution in [0.15, 0.2) is 0 Å². The van der Waals surface area contributed by atoms with Crippen LogP contribution in [-0.4, -0.2) is 35.7 Å². The van der Waals surface area contributed by atoms with Crippen molar-refractivity contribution in [1.29, 1.82) is 0 Å². The van der Waals surface area contributed by atoms with Gasteiger partial charge in [-0.05, 0) is 24.7 Å². The second-order valence-corrected chi connectivity index (χ2v) is 5.11. The van der Waals surface area contributed by atoms with Crippen molar-refractivity contribution in [3.63, 3.8) is 0 Å². The summed E-state index contributed by atoms with van der Waals surface area (Å²) in [5.41, 5.74) is 0. The van der Waals surface area contributed by atoms with Gasteiger partial charge in [-0.25, -0.2) is 0 Å². The maximum Gasteiger partial charge on any atom is 0.0468 e. The summed E-state index contributed by atoms with van der Waals surface area (Å²) in [6.07, 6.45) is 2.42. The van der Waals surface area contributed by atoms with E-state index in [1.807, 2.05) is 0 Å². The highest BCUT2D eigenvalue weighted by atomic mass is 16.3. The molecule has 0 amide bonds. The molecule has 0 aliphatic heterocycles. The zero-order valence-corrected chi connectivity index (χ0v) is 11.2. The Morgan fingerprint density at radius 3 is 1.87 bits per heavy atom. The van der Waals surface area contributed by atoms with Crippen molar-refractivity contribution >= 4 is 0 Å². The Hall–Kier alpha value is -0.0800. The standard InChI is InChI=1S/C13H29NO/c1-6-13(7-2)14(8-11(3)4)9-12(5)10-15/h11-13,15H,6-10H2,1-5H3. The largest absolute Gasteiger partial charge is 0.396 e. The van der Waals surface area contributed by atoms with Crippen LogP contribution in [0.25, 0.3) is 0 Å². The van der Waals surface area contributed by atoms with Crippen molar-refractivity contribution in [2.45, 2.75) is 53.5 Å². The summed E-state index contributed by atoms with van der Waals surface area (Å²) < 4.78 is 0. The van der Waals surface area contributed by atoms with Crippen molar-refractivity contribution < 1.29 is 5.11 Å². The van der Waals surface area contributed by atoms with Crippen LogP contribution in [-0.2, 0) is 0 Å². The van der Waals surface area contributed by atoms with E-state index in [0.29, 0.717) is 24.5 Å². The van der Waals surface area contributed by atoms with Gasteiger partial charge >= 0.3 is 0 Å². The molecule has 2 heteroatoms. The molecule has 0 rings (SSSR count). The van der Waals surface area contributed by atoms with Crippen molar-refractivity contribution in [3.05, 3.63) is 0 Å². The molecular weight excluding hydrogens is 186 g/mol. The van der Waals surface area contributed by atoms with Gasteiger partial charge in [-0.15, -0.1) is 0 Å². The number of aliphatic hydroxyl groups excluding tert-OH is 1. The van der Waals surface area contributed by atoms with Gasteiger partial charge in [0.2, 0.25) is 0 Å². The minimum Gasteiger partial charge on any atom is -0.396 e. The highest BCUT2D eigenvalue weighted by Gasteiger charge is 2.18. The molecule has 1 atom stereocenters. The minimum atomic E-state index is 0.300. The first-order valence-corrected chi connectivity index (χ1v) is 6.39. The lowest BCUT2D eigenvalue weighted by Crippen LogP contribution is -2.40. The second-order valence-electron chi connectivity index (χ2n) is 5.11. The molecule has 0 fully saturated rings. The molecule has 1 unspecified atom stereocenters. The van der Waals surface area contributed by atoms with Gasteiger partial charge in [-0.2, -0.15) is 0 Å². The lowest BCUT2D eigenvalue weighted by molar-refractivity contribution is 0.118. The minimum absolute atomic E-state index is 0.300. The van der Waals surface area contributed by atoms with Crippen molar-refractivity contribution in [2.75, 3.05) is 19.7 Å². The Kier molecular flexibility index (Phi) is 8.07. The first-order valence-electron chi connectivity index (χ1n) is 6.39. The van der Waals surface area contributed by atoms with E-state index in [9.17, 15) is 0 Å². The van der Waals surface area contributed by atoms with Gasteiger partial charge in [0, 0.05) is 25.7 Å². The van der Waals surface area contributed by atoms with Crippen LogP contribution in [0.2, 0.25) is 0 Å². The summed E-state index contributed by atoms with van der Waals surface area (Å²) in [7, 11) is 0. The molecule has 0 aromatic carbocycles. The predicted molar refractivity (Wildman–Crippen MR) is 67.0 cm³/mol. The maximum absolute atomic E-state index is 9.12. The van der Waals surface area contributed by atoms with Crippen molar-refractivity contribution in [2.24, 2.45) is 11.8 Å². The summed E-state index contributed by atoms with van der Waals surface area (Å²) in [4.78, 5) is 2.55. The smallest absolute Gasteiger partial charge is 0.0468 e. The molecule has 0 saturated heterocycles. The number of nitrogens with zero attached hydrogens (tertiary/aromatic N) is 1. The molecular formula is C13H29NO. The molecule has 15 heavy (non-hydrogen) atoms. The predicted octanol–water partition coefficient (Wildman–Crippen LogP) is 2.76. The van der Waals surface area contributed by atoms with Gasteiger partial charge in [0.15, 0.2) is 0 Å². The Balaban J connectivity index is 4.27. The van der Waals surface area contributed by atoms with Crippen LogP contribution < -0.4 is 0 Å². The van der Waals surface area contributed by atoms with Crippen molar-refractivity contribution in [1.82, 2.24) is 4.90 Å². The Morgan fingerprint density at radius 1 is 1.00 bits per heavy atom. The highest BCUT2D eigenvalue weighted by Crippen LogP contribution is 2.13. The van der Waals surface area contributed by atoms with E-state index < -0.39 is 0 Å². The monoisotopic (exact) mass is 215 g/mol. The van der Waals surface area contributed by atoms with E-state index in [2.05, 4.69) is 39.5 Å². The third-order valence-corrected chi connectivity index (χ3v) is 2.92. The van der Waals surface area contributed by atoms with Gasteiger partial charge in [-0.3, -0.25) is 4.90 Å². The zero-order valence-electron chi connectivity index (χ0n) is 11.2. The average Bonchev–Trinajstić information content (AvgIpc) is 2.18. The Labute approximate surface area is 95.7 Å². The van der Waals surface area contributed by atoms with Gasteiger partial charge in [-0.1, -0.05) is 34.6 Å². The molecule has 0 spiro atoms. The SMILES string of the molecule is CCC(CC)N(CC(C)C)CC(C)CO. The van der Waals surface area contributed by atoms with Gasteiger partial charge in [0.1, 0.15) is 0 Å². The van der Waals surface area contributed by atoms with Crippen LogP contribution in [0.4, 0.5) is 0 Å². The van der Waals surface area contributed by atoms with Gasteiger partial charge < -0.3 is 5.11 Å². The van der Waals surface area contributed by atoms with E-state index >= 15 is 0 Å². The molecule has 2 nitrogen and oxygen atoms in total. The summed E-state index contributed by atoms with van der Waals surface area (Å²) in [6.45, 7) is 13.6. The quantitative estimate of drug-likeness (QED) is 0.673. The van der Waals surface area contributed by atoms with E-state index in [0.717, 1.165) is 13.1 Å². The summed E-state index contributed by atoms with van der Waals surface area (Å²) in [5.74, 6) is 1.10. The molecule has 0 radical (unpaired) electrons. The van der Waals surface area contributed by atoms with Gasteiger partial charge in [0.05, 0.1) is 0 Å². The number of aliphatic hydroxyl groups is 1. The van der Waals surface area contributed by atoms with E-state index in [1.54, 1.807) is 0 Å². The third-order valence-electron chi connectivity index (χ3n) is 2.92. The molecule has 0 aromatic heterocycles. The lowest BCUT2D eigenvalue weighted by atomic mass is 10.0. The first-order chi connectivity index (χ1) is 7.04. The van der Waals surface area contributed by atoms with E-state index in [4.69, 9.17) is 5.11 Å². The van der Waals surface area contributed by atoms with Crippen molar-refractivity contribution in [3.8, 4) is 0 Å². The highest BCUT2D eigenvalue weighted by molar-refractivity contribution is 4.72. The fourth-order valence-electron chi connectivity index (χ4n) is 2.10. The topological polar surface area (TPSA) is 23.5 Å². The molecule has 0 aliphatic carbocycles. The average molecular weight is 215 g/mol. The van der Waals surface area contributed by atoms with Crippen LogP contribution >= 0.6 is 0 Å². The summed E-state index contributed by atoms with van der Waals surface area (Å²) >= 11 is 0. The normalized spacial score (nSPS) is 14.2. The van der Waals surface area contributed by atoms with Crippen LogP contribution in [0.1, 0.15) is 47.5 Å². The lowest BCUT2D eigenvalue weighted by Gasteiger charge is -2.33. The van der Waals surface area contributed by atoms with E-state index in [-0.39, 0.29) is 0 Å². The molecule has 0 heterocycles.